The lowest BCUT2D eigenvalue weighted by Gasteiger charge is -2.35. The molecule has 0 aromatic rings. The molecule has 0 unspecified atom stereocenters. The lowest BCUT2D eigenvalue weighted by atomic mass is 10.1. The fraction of sp³-hybridized carbons (Fsp3) is 0.714. The topological polar surface area (TPSA) is 43.9 Å². The second kappa shape index (κ2) is 6.58. The normalized spacial score (nSPS) is 21.0. The molecule has 2 rings (SSSR count). The molecule has 0 N–H and O–H groups in total. The molecular formula is C14H21N3O2. The predicted octanol–water partition coefficient (Wildman–Crippen LogP) is -0.224. The van der Waals surface area contributed by atoms with Gasteiger partial charge in [-0.1, -0.05) is 0 Å². The minimum atomic E-state index is -0.248. The number of piperazine rings is 1. The van der Waals surface area contributed by atoms with E-state index in [1.54, 1.807) is 4.90 Å². The molecule has 2 fully saturated rings. The van der Waals surface area contributed by atoms with Gasteiger partial charge in [-0.05, 0) is 25.2 Å². The molecule has 0 bridgehead atoms. The van der Waals surface area contributed by atoms with Crippen LogP contribution in [0, 0.1) is 12.3 Å². The van der Waals surface area contributed by atoms with Gasteiger partial charge in [-0.25, -0.2) is 0 Å². The maximum Gasteiger partial charge on any atom is 0.298 e. The van der Waals surface area contributed by atoms with E-state index in [-0.39, 0.29) is 11.8 Å². The van der Waals surface area contributed by atoms with E-state index < -0.39 is 0 Å². The summed E-state index contributed by atoms with van der Waals surface area (Å²) in [7, 11) is 0. The summed E-state index contributed by atoms with van der Waals surface area (Å²) in [6.45, 7) is 4.97. The van der Waals surface area contributed by atoms with Crippen LogP contribution < -0.4 is 0 Å². The molecule has 5 heteroatoms. The Morgan fingerprint density at radius 2 is 1.53 bits per heavy atom. The van der Waals surface area contributed by atoms with Crippen molar-refractivity contribution in [3.8, 4) is 12.3 Å². The van der Waals surface area contributed by atoms with E-state index in [1.807, 2.05) is 4.90 Å². The summed E-state index contributed by atoms with van der Waals surface area (Å²) in [5.74, 6) is 2.11. The van der Waals surface area contributed by atoms with Gasteiger partial charge >= 0.3 is 0 Å². The number of hydrogen-bond donors (Lipinski definition) is 0. The number of piperidine rings is 1. The maximum absolute atomic E-state index is 12.1. The molecule has 2 saturated heterocycles. The number of amides is 2. The Balaban J connectivity index is 1.74. The van der Waals surface area contributed by atoms with E-state index in [4.69, 9.17) is 6.42 Å². The standard InChI is InChI=1S/C14H21N3O2/c1-2-13(18)17-10-8-15(9-11-17)12-14(19)16-6-4-3-5-7-16/h1H,3-12H2. The zero-order valence-corrected chi connectivity index (χ0v) is 11.3. The number of carbonyl (C=O) groups excluding carboxylic acids is 2. The van der Waals surface area contributed by atoms with E-state index in [2.05, 4.69) is 10.8 Å². The molecular weight excluding hydrogens is 242 g/mol. The molecule has 0 aromatic carbocycles. The first-order valence-corrected chi connectivity index (χ1v) is 6.96. The third-order valence-corrected chi connectivity index (χ3v) is 3.85. The summed E-state index contributed by atoms with van der Waals surface area (Å²) >= 11 is 0. The molecule has 104 valence electrons. The molecule has 0 radical (unpaired) electrons. The highest BCUT2D eigenvalue weighted by Gasteiger charge is 2.23. The summed E-state index contributed by atoms with van der Waals surface area (Å²) in [6, 6.07) is 0. The van der Waals surface area contributed by atoms with E-state index in [9.17, 15) is 9.59 Å². The van der Waals surface area contributed by atoms with E-state index in [0.29, 0.717) is 19.6 Å². The number of nitrogens with zero attached hydrogens (tertiary/aromatic N) is 3. The summed E-state index contributed by atoms with van der Waals surface area (Å²) in [4.78, 5) is 29.2. The molecule has 19 heavy (non-hydrogen) atoms. The number of likely N-dealkylation sites (tertiary alicyclic amines) is 1. The molecule has 0 atom stereocenters. The van der Waals surface area contributed by atoms with Crippen molar-refractivity contribution in [1.82, 2.24) is 14.7 Å². The van der Waals surface area contributed by atoms with Crippen LogP contribution in [0.4, 0.5) is 0 Å². The van der Waals surface area contributed by atoms with Gasteiger partial charge in [0, 0.05) is 39.3 Å². The van der Waals surface area contributed by atoms with Crippen LogP contribution in [0.2, 0.25) is 0 Å². The third kappa shape index (κ3) is 3.71. The summed E-state index contributed by atoms with van der Waals surface area (Å²) in [5, 5.41) is 0. The van der Waals surface area contributed by atoms with Crippen LogP contribution in [0.3, 0.4) is 0 Å². The van der Waals surface area contributed by atoms with Crippen molar-refractivity contribution in [3.63, 3.8) is 0 Å². The number of terminal acetylenes is 1. The van der Waals surface area contributed by atoms with Gasteiger partial charge in [0.05, 0.1) is 6.54 Å². The Morgan fingerprint density at radius 3 is 2.11 bits per heavy atom. The Kier molecular flexibility index (Phi) is 4.80. The van der Waals surface area contributed by atoms with Gasteiger partial charge in [-0.15, -0.1) is 6.42 Å². The van der Waals surface area contributed by atoms with Gasteiger partial charge in [0.25, 0.3) is 5.91 Å². The fourth-order valence-electron chi connectivity index (χ4n) is 2.63. The Morgan fingerprint density at radius 1 is 0.895 bits per heavy atom. The largest absolute Gasteiger partial charge is 0.342 e. The van der Waals surface area contributed by atoms with Gasteiger partial charge in [-0.3, -0.25) is 14.5 Å². The minimum Gasteiger partial charge on any atom is -0.342 e. The molecule has 0 saturated carbocycles. The summed E-state index contributed by atoms with van der Waals surface area (Å²) in [5.41, 5.74) is 0. The van der Waals surface area contributed by atoms with Crippen molar-refractivity contribution in [3.05, 3.63) is 0 Å². The molecule has 0 spiro atoms. The monoisotopic (exact) mass is 263 g/mol. The van der Waals surface area contributed by atoms with Crippen LogP contribution in [0.5, 0.6) is 0 Å². The smallest absolute Gasteiger partial charge is 0.298 e. The average molecular weight is 263 g/mol. The molecule has 2 aliphatic rings. The van der Waals surface area contributed by atoms with Crippen molar-refractivity contribution >= 4 is 11.8 Å². The lowest BCUT2D eigenvalue weighted by Crippen LogP contribution is -2.51. The number of rotatable bonds is 2. The van der Waals surface area contributed by atoms with Crippen molar-refractivity contribution in [1.29, 1.82) is 0 Å². The highest BCUT2D eigenvalue weighted by Crippen LogP contribution is 2.10. The Labute approximate surface area is 114 Å². The molecule has 0 aliphatic carbocycles. The Hall–Kier alpha value is -1.54. The van der Waals surface area contributed by atoms with Gasteiger partial charge < -0.3 is 9.80 Å². The van der Waals surface area contributed by atoms with Gasteiger partial charge in [0.2, 0.25) is 5.91 Å². The van der Waals surface area contributed by atoms with E-state index in [0.717, 1.165) is 39.0 Å². The Bertz CT molecular complexity index is 375. The van der Waals surface area contributed by atoms with Crippen molar-refractivity contribution in [2.75, 3.05) is 45.8 Å². The summed E-state index contributed by atoms with van der Waals surface area (Å²) < 4.78 is 0. The molecule has 2 aliphatic heterocycles. The van der Waals surface area contributed by atoms with Crippen molar-refractivity contribution < 1.29 is 9.59 Å². The van der Waals surface area contributed by atoms with Crippen LogP contribution in [0.25, 0.3) is 0 Å². The van der Waals surface area contributed by atoms with Gasteiger partial charge in [-0.2, -0.15) is 0 Å². The highest BCUT2D eigenvalue weighted by atomic mass is 16.2. The third-order valence-electron chi connectivity index (χ3n) is 3.85. The van der Waals surface area contributed by atoms with Gasteiger partial charge in [0.1, 0.15) is 0 Å². The molecule has 5 nitrogen and oxygen atoms in total. The van der Waals surface area contributed by atoms with E-state index >= 15 is 0 Å². The van der Waals surface area contributed by atoms with Crippen LogP contribution in [-0.4, -0.2) is 72.3 Å². The van der Waals surface area contributed by atoms with Gasteiger partial charge in [0.15, 0.2) is 0 Å². The first kappa shape index (κ1) is 13.9. The summed E-state index contributed by atoms with van der Waals surface area (Å²) in [6.07, 6.45) is 8.58. The second-order valence-electron chi connectivity index (χ2n) is 5.15. The van der Waals surface area contributed by atoms with Crippen LogP contribution in [0.15, 0.2) is 0 Å². The first-order chi connectivity index (χ1) is 9.20. The quantitative estimate of drug-likeness (QED) is 0.647. The van der Waals surface area contributed by atoms with E-state index in [1.165, 1.54) is 6.42 Å². The minimum absolute atomic E-state index is 0.219. The number of hydrogen-bond acceptors (Lipinski definition) is 3. The second-order valence-corrected chi connectivity index (χ2v) is 5.15. The highest BCUT2D eigenvalue weighted by molar-refractivity contribution is 5.92. The maximum atomic E-state index is 12.1. The van der Waals surface area contributed by atoms with Crippen molar-refractivity contribution in [2.45, 2.75) is 19.3 Å². The SMILES string of the molecule is C#CC(=O)N1CCN(CC(=O)N2CCCCC2)CC1. The lowest BCUT2D eigenvalue weighted by molar-refractivity contribution is -0.134. The zero-order valence-electron chi connectivity index (χ0n) is 11.3. The first-order valence-electron chi connectivity index (χ1n) is 6.96. The zero-order chi connectivity index (χ0) is 13.7. The average Bonchev–Trinajstić information content (AvgIpc) is 2.48. The molecule has 2 heterocycles. The number of carbonyl (C=O) groups is 2. The van der Waals surface area contributed by atoms with Crippen molar-refractivity contribution in [2.24, 2.45) is 0 Å². The van der Waals surface area contributed by atoms with Crippen LogP contribution in [-0.2, 0) is 9.59 Å². The predicted molar refractivity (Wildman–Crippen MR) is 72.3 cm³/mol. The van der Waals surface area contributed by atoms with Crippen LogP contribution in [0.1, 0.15) is 19.3 Å². The fourth-order valence-corrected chi connectivity index (χ4v) is 2.63. The van der Waals surface area contributed by atoms with Crippen LogP contribution >= 0.6 is 0 Å². The molecule has 2 amide bonds. The molecule has 0 aromatic heterocycles.